The number of anilines is 1. The van der Waals surface area contributed by atoms with Crippen LogP contribution in [-0.2, 0) is 19.5 Å². The first-order valence-corrected chi connectivity index (χ1v) is 11.4. The SMILES string of the molecule is COc1ccc(NCc2nn3cc(-c4ccc(OC)c(OC)c4)c4c3n2CCCC4)c(OC)c1. The molecule has 3 heterocycles. The van der Waals surface area contributed by atoms with Crippen LogP contribution in [0, 0.1) is 0 Å². The highest BCUT2D eigenvalue weighted by atomic mass is 16.5. The first-order valence-electron chi connectivity index (χ1n) is 11.4. The largest absolute Gasteiger partial charge is 0.497 e. The summed E-state index contributed by atoms with van der Waals surface area (Å²) in [5.74, 6) is 3.95. The number of nitrogens with one attached hydrogen (secondary N) is 1. The van der Waals surface area contributed by atoms with E-state index in [1.807, 2.05) is 34.8 Å². The zero-order chi connectivity index (χ0) is 23.7. The quantitative estimate of drug-likeness (QED) is 0.406. The Bertz CT molecular complexity index is 1320. The summed E-state index contributed by atoms with van der Waals surface area (Å²) >= 11 is 0. The van der Waals surface area contributed by atoms with Gasteiger partial charge in [-0.15, -0.1) is 0 Å². The Balaban J connectivity index is 1.50. The fourth-order valence-corrected chi connectivity index (χ4v) is 4.74. The van der Waals surface area contributed by atoms with Crippen molar-refractivity contribution in [1.29, 1.82) is 0 Å². The Hall–Kier alpha value is -3.81. The molecule has 0 fully saturated rings. The van der Waals surface area contributed by atoms with E-state index in [-0.39, 0.29) is 0 Å². The van der Waals surface area contributed by atoms with Crippen molar-refractivity contribution in [2.45, 2.75) is 32.4 Å². The number of ether oxygens (including phenoxy) is 4. The number of hydrogen-bond acceptors (Lipinski definition) is 6. The smallest absolute Gasteiger partial charge is 0.161 e. The van der Waals surface area contributed by atoms with Crippen molar-refractivity contribution in [1.82, 2.24) is 14.2 Å². The van der Waals surface area contributed by atoms with Gasteiger partial charge in [0.05, 0.1) is 40.7 Å². The first-order chi connectivity index (χ1) is 16.7. The molecule has 8 heteroatoms. The third-order valence-electron chi connectivity index (χ3n) is 6.45. The predicted octanol–water partition coefficient (Wildman–Crippen LogP) is 4.79. The molecule has 178 valence electrons. The Morgan fingerprint density at radius 3 is 2.47 bits per heavy atom. The van der Waals surface area contributed by atoms with Gasteiger partial charge in [0.1, 0.15) is 17.1 Å². The molecule has 1 aliphatic rings. The Kier molecular flexibility index (Phi) is 5.96. The molecule has 0 aliphatic carbocycles. The molecule has 0 unspecified atom stereocenters. The van der Waals surface area contributed by atoms with Crippen LogP contribution in [0.1, 0.15) is 24.2 Å². The molecule has 8 nitrogen and oxygen atoms in total. The van der Waals surface area contributed by atoms with Gasteiger partial charge in [-0.25, -0.2) is 4.52 Å². The van der Waals surface area contributed by atoms with Gasteiger partial charge < -0.3 is 28.8 Å². The van der Waals surface area contributed by atoms with Crippen LogP contribution < -0.4 is 24.3 Å². The van der Waals surface area contributed by atoms with Crippen LogP contribution in [-0.4, -0.2) is 42.6 Å². The lowest BCUT2D eigenvalue weighted by Crippen LogP contribution is -2.09. The fraction of sp³-hybridized carbons (Fsp3) is 0.346. The van der Waals surface area contributed by atoms with E-state index in [1.54, 1.807) is 28.4 Å². The van der Waals surface area contributed by atoms with E-state index in [1.165, 1.54) is 16.8 Å². The summed E-state index contributed by atoms with van der Waals surface area (Å²) < 4.78 is 26.2. The highest BCUT2D eigenvalue weighted by Crippen LogP contribution is 2.37. The van der Waals surface area contributed by atoms with Gasteiger partial charge in [-0.3, -0.25) is 0 Å². The van der Waals surface area contributed by atoms with Crippen LogP contribution in [0.3, 0.4) is 0 Å². The normalized spacial score (nSPS) is 12.9. The van der Waals surface area contributed by atoms with E-state index in [9.17, 15) is 0 Å². The average molecular weight is 463 g/mol. The minimum absolute atomic E-state index is 0.593. The number of nitrogens with zero attached hydrogens (tertiary/aromatic N) is 3. The molecule has 0 bridgehead atoms. The molecule has 2 aromatic carbocycles. The fourth-order valence-electron chi connectivity index (χ4n) is 4.74. The summed E-state index contributed by atoms with van der Waals surface area (Å²) in [5.41, 5.74) is 5.69. The second-order valence-electron chi connectivity index (χ2n) is 8.30. The molecule has 0 saturated heterocycles. The predicted molar refractivity (Wildman–Crippen MR) is 132 cm³/mol. The summed E-state index contributed by atoms with van der Waals surface area (Å²) in [6.45, 7) is 1.54. The summed E-state index contributed by atoms with van der Waals surface area (Å²) in [4.78, 5) is 0. The van der Waals surface area contributed by atoms with Gasteiger partial charge in [0.25, 0.3) is 0 Å². The summed E-state index contributed by atoms with van der Waals surface area (Å²) in [7, 11) is 6.63. The number of aryl methyl sites for hydroxylation is 2. The van der Waals surface area contributed by atoms with Crippen molar-refractivity contribution in [2.24, 2.45) is 0 Å². The second kappa shape index (κ2) is 9.21. The lowest BCUT2D eigenvalue weighted by molar-refractivity contribution is 0.355. The molecular formula is C26H30N4O4. The van der Waals surface area contributed by atoms with Gasteiger partial charge in [-0.1, -0.05) is 6.07 Å². The van der Waals surface area contributed by atoms with Crippen LogP contribution in [0.2, 0.25) is 0 Å². The molecule has 0 radical (unpaired) electrons. The Morgan fingerprint density at radius 1 is 0.882 bits per heavy atom. The average Bonchev–Trinajstić information content (AvgIpc) is 3.30. The molecule has 0 amide bonds. The van der Waals surface area contributed by atoms with Crippen LogP contribution in [0.5, 0.6) is 23.0 Å². The minimum Gasteiger partial charge on any atom is -0.497 e. The Morgan fingerprint density at radius 2 is 1.71 bits per heavy atom. The number of methoxy groups -OCH3 is 4. The molecular weight excluding hydrogens is 432 g/mol. The summed E-state index contributed by atoms with van der Waals surface area (Å²) in [5, 5.41) is 8.44. The van der Waals surface area contributed by atoms with Gasteiger partial charge in [-0.05, 0) is 49.1 Å². The first kappa shape index (κ1) is 22.0. The van der Waals surface area contributed by atoms with Crippen molar-refractivity contribution >= 4 is 11.3 Å². The maximum absolute atomic E-state index is 5.54. The van der Waals surface area contributed by atoms with Gasteiger partial charge in [0.2, 0.25) is 0 Å². The lowest BCUT2D eigenvalue weighted by Gasteiger charge is -2.13. The summed E-state index contributed by atoms with van der Waals surface area (Å²) in [6.07, 6.45) is 5.40. The third-order valence-corrected chi connectivity index (χ3v) is 6.45. The van der Waals surface area contributed by atoms with E-state index < -0.39 is 0 Å². The molecule has 1 aliphatic heterocycles. The topological polar surface area (TPSA) is 71.2 Å². The molecule has 0 saturated carbocycles. The standard InChI is InChI=1S/C26H30N4O4/c1-31-18-9-10-21(23(14-18)33-3)27-15-25-28-30-16-20(19-7-5-6-12-29(25)26(19)30)17-8-11-22(32-2)24(13-17)34-4/h8-11,13-14,16,27H,5-7,12,15H2,1-4H3. The van der Waals surface area contributed by atoms with E-state index in [0.717, 1.165) is 65.9 Å². The second-order valence-corrected chi connectivity index (χ2v) is 8.30. The van der Waals surface area contributed by atoms with Crippen LogP contribution in [0.25, 0.3) is 16.8 Å². The van der Waals surface area contributed by atoms with Crippen molar-refractivity contribution in [3.63, 3.8) is 0 Å². The minimum atomic E-state index is 0.593. The Labute approximate surface area is 199 Å². The zero-order valence-electron chi connectivity index (χ0n) is 20.1. The van der Waals surface area contributed by atoms with Gasteiger partial charge in [0, 0.05) is 29.9 Å². The maximum atomic E-state index is 5.54. The molecule has 34 heavy (non-hydrogen) atoms. The zero-order valence-corrected chi connectivity index (χ0v) is 20.1. The van der Waals surface area contributed by atoms with Gasteiger partial charge >= 0.3 is 0 Å². The highest BCUT2D eigenvalue weighted by molar-refractivity contribution is 5.77. The number of hydrogen-bond donors (Lipinski definition) is 1. The van der Waals surface area contributed by atoms with E-state index in [4.69, 9.17) is 24.0 Å². The van der Waals surface area contributed by atoms with Gasteiger partial charge in [-0.2, -0.15) is 5.10 Å². The molecule has 1 N–H and O–H groups in total. The van der Waals surface area contributed by atoms with E-state index in [2.05, 4.69) is 22.1 Å². The van der Waals surface area contributed by atoms with Crippen molar-refractivity contribution in [2.75, 3.05) is 33.8 Å². The van der Waals surface area contributed by atoms with E-state index in [0.29, 0.717) is 6.54 Å². The number of aromatic nitrogens is 3. The highest BCUT2D eigenvalue weighted by Gasteiger charge is 2.23. The van der Waals surface area contributed by atoms with Crippen LogP contribution in [0.15, 0.2) is 42.6 Å². The van der Waals surface area contributed by atoms with Crippen LogP contribution in [0.4, 0.5) is 5.69 Å². The third kappa shape index (κ3) is 3.79. The molecule has 4 aromatic rings. The molecule has 5 rings (SSSR count). The molecule has 0 atom stereocenters. The van der Waals surface area contributed by atoms with Crippen molar-refractivity contribution < 1.29 is 18.9 Å². The van der Waals surface area contributed by atoms with Crippen molar-refractivity contribution in [3.8, 4) is 34.1 Å². The van der Waals surface area contributed by atoms with Gasteiger partial charge in [0.15, 0.2) is 17.3 Å². The van der Waals surface area contributed by atoms with Crippen LogP contribution >= 0.6 is 0 Å². The number of rotatable bonds is 8. The number of benzene rings is 2. The van der Waals surface area contributed by atoms with E-state index >= 15 is 0 Å². The maximum Gasteiger partial charge on any atom is 0.161 e. The van der Waals surface area contributed by atoms with Crippen molar-refractivity contribution in [3.05, 3.63) is 54.0 Å². The monoisotopic (exact) mass is 462 g/mol. The lowest BCUT2D eigenvalue weighted by atomic mass is 10.0. The summed E-state index contributed by atoms with van der Waals surface area (Å²) in [6, 6.07) is 11.8. The molecule has 0 spiro atoms. The molecule has 2 aromatic heterocycles.